The van der Waals surface area contributed by atoms with Gasteiger partial charge in [-0.1, -0.05) is 30.3 Å². The summed E-state index contributed by atoms with van der Waals surface area (Å²) >= 11 is 1.89. The molecule has 2 saturated heterocycles. The lowest BCUT2D eigenvalue weighted by molar-refractivity contribution is -0.115. The van der Waals surface area contributed by atoms with E-state index in [9.17, 15) is 0 Å². The highest BCUT2D eigenvalue weighted by molar-refractivity contribution is 8.00. The van der Waals surface area contributed by atoms with Crippen LogP contribution in [0.25, 0.3) is 0 Å². The number of thioether (sulfide) groups is 1. The fourth-order valence-corrected chi connectivity index (χ4v) is 3.82. The molecule has 0 aliphatic carbocycles. The average molecular weight is 252 g/mol. The molecule has 2 bridgehead atoms. The standard InChI is InChI=1S/C13H16O3S/c1-14-13-12-11(10(16-13)8-17-12)15-7-9-5-3-2-4-6-9/h2-6,10-13H,7-8H2,1H3/t10-,11+,12+,13-/m1/s1. The molecule has 0 aromatic heterocycles. The van der Waals surface area contributed by atoms with Gasteiger partial charge in [0.1, 0.15) is 6.10 Å². The van der Waals surface area contributed by atoms with E-state index in [4.69, 9.17) is 14.2 Å². The maximum Gasteiger partial charge on any atom is 0.172 e. The lowest BCUT2D eigenvalue weighted by Gasteiger charge is -2.19. The molecule has 2 heterocycles. The van der Waals surface area contributed by atoms with E-state index in [1.807, 2.05) is 30.0 Å². The van der Waals surface area contributed by atoms with E-state index in [2.05, 4.69) is 12.1 Å². The summed E-state index contributed by atoms with van der Waals surface area (Å²) in [5, 5.41) is 0.328. The summed E-state index contributed by atoms with van der Waals surface area (Å²) in [6.45, 7) is 0.652. The van der Waals surface area contributed by atoms with Crippen LogP contribution in [0, 0.1) is 0 Å². The van der Waals surface area contributed by atoms with E-state index < -0.39 is 0 Å². The number of benzene rings is 1. The highest BCUT2D eigenvalue weighted by Crippen LogP contribution is 2.42. The number of fused-ring (bicyclic) bond motifs is 2. The van der Waals surface area contributed by atoms with E-state index in [1.165, 1.54) is 5.56 Å². The van der Waals surface area contributed by atoms with Crippen LogP contribution in [0.1, 0.15) is 5.56 Å². The summed E-state index contributed by atoms with van der Waals surface area (Å²) in [6, 6.07) is 10.2. The van der Waals surface area contributed by atoms with Crippen molar-refractivity contribution in [1.82, 2.24) is 0 Å². The van der Waals surface area contributed by atoms with Gasteiger partial charge in [-0.2, -0.15) is 0 Å². The van der Waals surface area contributed by atoms with Crippen molar-refractivity contribution < 1.29 is 14.2 Å². The maximum absolute atomic E-state index is 5.98. The van der Waals surface area contributed by atoms with Crippen molar-refractivity contribution in [3.8, 4) is 0 Å². The van der Waals surface area contributed by atoms with Gasteiger partial charge in [-0.3, -0.25) is 0 Å². The lowest BCUT2D eigenvalue weighted by atomic mass is 10.2. The van der Waals surface area contributed by atoms with Gasteiger partial charge in [-0.05, 0) is 5.56 Å². The zero-order valence-corrected chi connectivity index (χ0v) is 10.6. The Kier molecular flexibility index (Phi) is 3.38. The van der Waals surface area contributed by atoms with Gasteiger partial charge >= 0.3 is 0 Å². The minimum Gasteiger partial charge on any atom is -0.369 e. The smallest absolute Gasteiger partial charge is 0.172 e. The second-order valence-corrected chi connectivity index (χ2v) is 5.55. The van der Waals surface area contributed by atoms with Gasteiger partial charge in [0, 0.05) is 12.9 Å². The van der Waals surface area contributed by atoms with Gasteiger partial charge in [0.2, 0.25) is 0 Å². The molecule has 1 aromatic rings. The minimum absolute atomic E-state index is 0.0977. The summed E-state index contributed by atoms with van der Waals surface area (Å²) in [6.07, 6.45) is 0.267. The van der Waals surface area contributed by atoms with Crippen molar-refractivity contribution in [2.45, 2.75) is 30.4 Å². The fourth-order valence-electron chi connectivity index (χ4n) is 2.37. The summed E-state index contributed by atoms with van der Waals surface area (Å²) in [5.41, 5.74) is 1.21. The molecule has 0 amide bonds. The highest BCUT2D eigenvalue weighted by Gasteiger charge is 2.51. The molecule has 0 N–H and O–H groups in total. The van der Waals surface area contributed by atoms with Crippen LogP contribution in [-0.2, 0) is 20.8 Å². The van der Waals surface area contributed by atoms with E-state index in [-0.39, 0.29) is 18.5 Å². The number of rotatable bonds is 4. The van der Waals surface area contributed by atoms with Gasteiger partial charge in [-0.25, -0.2) is 0 Å². The van der Waals surface area contributed by atoms with Crippen molar-refractivity contribution in [1.29, 1.82) is 0 Å². The van der Waals surface area contributed by atoms with Gasteiger partial charge in [0.25, 0.3) is 0 Å². The molecule has 92 valence electrons. The van der Waals surface area contributed by atoms with Crippen molar-refractivity contribution in [2.24, 2.45) is 0 Å². The molecule has 3 nitrogen and oxygen atoms in total. The molecule has 0 unspecified atom stereocenters. The van der Waals surface area contributed by atoms with Crippen molar-refractivity contribution in [2.75, 3.05) is 12.9 Å². The summed E-state index contributed by atoms with van der Waals surface area (Å²) < 4.78 is 17.0. The van der Waals surface area contributed by atoms with Crippen LogP contribution >= 0.6 is 11.8 Å². The Bertz CT molecular complexity index is 370. The SMILES string of the molecule is CO[C@@H]1O[C@@H]2CS[C@H]1[C@H]2OCc1ccccc1. The molecule has 4 heteroatoms. The zero-order valence-electron chi connectivity index (χ0n) is 9.74. The van der Waals surface area contributed by atoms with Gasteiger partial charge in [0.05, 0.1) is 18.0 Å². The topological polar surface area (TPSA) is 27.7 Å². The molecule has 17 heavy (non-hydrogen) atoms. The summed E-state index contributed by atoms with van der Waals surface area (Å²) in [7, 11) is 1.69. The predicted octanol–water partition coefficient (Wildman–Crippen LogP) is 2.06. The first-order chi connectivity index (χ1) is 8.38. The maximum atomic E-state index is 5.98. The Labute approximate surface area is 105 Å². The number of hydrogen-bond acceptors (Lipinski definition) is 4. The van der Waals surface area contributed by atoms with Gasteiger partial charge < -0.3 is 14.2 Å². The van der Waals surface area contributed by atoms with Crippen LogP contribution in [0.15, 0.2) is 30.3 Å². The Balaban J connectivity index is 1.60. The lowest BCUT2D eigenvalue weighted by Crippen LogP contribution is -2.28. The molecule has 2 aliphatic rings. The van der Waals surface area contributed by atoms with Crippen LogP contribution in [0.5, 0.6) is 0 Å². The molecular formula is C13H16O3S. The number of methoxy groups -OCH3 is 1. The second kappa shape index (κ2) is 4.98. The van der Waals surface area contributed by atoms with Crippen LogP contribution in [-0.4, -0.2) is 36.6 Å². The summed E-state index contributed by atoms with van der Waals surface area (Å²) in [4.78, 5) is 0. The molecule has 1 aromatic carbocycles. The van der Waals surface area contributed by atoms with E-state index in [0.29, 0.717) is 11.9 Å². The quantitative estimate of drug-likeness (QED) is 0.820. The molecule has 0 spiro atoms. The second-order valence-electron chi connectivity index (χ2n) is 4.34. The average Bonchev–Trinajstić information content (AvgIpc) is 2.94. The number of ether oxygens (including phenoxy) is 3. The molecule has 2 fully saturated rings. The Morgan fingerprint density at radius 1 is 1.35 bits per heavy atom. The first-order valence-corrected chi connectivity index (χ1v) is 6.89. The molecule has 2 aliphatic heterocycles. The molecule has 3 rings (SSSR count). The normalized spacial score (nSPS) is 35.4. The van der Waals surface area contributed by atoms with Crippen LogP contribution in [0.4, 0.5) is 0 Å². The third kappa shape index (κ3) is 2.22. The Morgan fingerprint density at radius 2 is 2.18 bits per heavy atom. The van der Waals surface area contributed by atoms with E-state index in [0.717, 1.165) is 5.75 Å². The Hall–Kier alpha value is -0.550. The van der Waals surface area contributed by atoms with Crippen molar-refractivity contribution >= 4 is 11.8 Å². The van der Waals surface area contributed by atoms with Crippen molar-refractivity contribution in [3.63, 3.8) is 0 Å². The molecule has 0 radical (unpaired) electrons. The van der Waals surface area contributed by atoms with E-state index >= 15 is 0 Å². The predicted molar refractivity (Wildman–Crippen MR) is 66.9 cm³/mol. The summed E-state index contributed by atoms with van der Waals surface area (Å²) in [5.74, 6) is 1.02. The number of hydrogen-bond donors (Lipinski definition) is 0. The Morgan fingerprint density at radius 3 is 2.88 bits per heavy atom. The zero-order chi connectivity index (χ0) is 11.7. The third-order valence-corrected chi connectivity index (χ3v) is 4.63. The van der Waals surface area contributed by atoms with Crippen LogP contribution in [0.3, 0.4) is 0 Å². The van der Waals surface area contributed by atoms with Gasteiger partial charge in [-0.15, -0.1) is 11.8 Å². The van der Waals surface area contributed by atoms with Crippen molar-refractivity contribution in [3.05, 3.63) is 35.9 Å². The first kappa shape index (κ1) is 11.5. The largest absolute Gasteiger partial charge is 0.369 e. The minimum atomic E-state index is -0.0977. The monoisotopic (exact) mass is 252 g/mol. The van der Waals surface area contributed by atoms with Gasteiger partial charge in [0.15, 0.2) is 6.29 Å². The fraction of sp³-hybridized carbons (Fsp3) is 0.538. The highest BCUT2D eigenvalue weighted by atomic mass is 32.2. The first-order valence-electron chi connectivity index (χ1n) is 5.84. The molecular weight excluding hydrogens is 236 g/mol. The third-order valence-electron chi connectivity index (χ3n) is 3.24. The molecule has 4 atom stereocenters. The molecule has 0 saturated carbocycles. The van der Waals surface area contributed by atoms with E-state index in [1.54, 1.807) is 7.11 Å². The van der Waals surface area contributed by atoms with Crippen LogP contribution in [0.2, 0.25) is 0 Å². The van der Waals surface area contributed by atoms with Crippen LogP contribution < -0.4 is 0 Å².